The highest BCUT2D eigenvalue weighted by atomic mass is 19.3. The van der Waals surface area contributed by atoms with Crippen LogP contribution in [0.2, 0.25) is 0 Å². The molecule has 0 spiro atoms. The van der Waals surface area contributed by atoms with Gasteiger partial charge < -0.3 is 20.4 Å². The number of Topliss-reactive ketones (excluding diaryl/α,β-unsaturated/α-hetero) is 1. The molecule has 13 nitrogen and oxygen atoms in total. The third-order valence-electron chi connectivity index (χ3n) is 8.26. The molecule has 1 saturated carbocycles. The van der Waals surface area contributed by atoms with Crippen LogP contribution in [0.15, 0.2) is 40.3 Å². The number of hydrogen-bond acceptors (Lipinski definition) is 10. The number of nitrogens with one attached hydrogen (secondary N) is 2. The number of hydrogen-bond donors (Lipinski definition) is 2. The molecule has 2 aliphatic heterocycles. The van der Waals surface area contributed by atoms with E-state index in [0.29, 0.717) is 17.1 Å². The van der Waals surface area contributed by atoms with Crippen molar-refractivity contribution in [1.82, 2.24) is 24.1 Å². The van der Waals surface area contributed by atoms with Crippen LogP contribution in [0.5, 0.6) is 0 Å². The number of piperidine rings is 1. The number of fused-ring (bicyclic) bond motifs is 2. The number of alkyl halides is 2. The highest BCUT2D eigenvalue weighted by Gasteiger charge is 2.71. The molecule has 2 fully saturated rings. The number of aromatic nitrogens is 5. The normalized spacial score (nSPS) is 20.5. The maximum atomic E-state index is 13.5. The smallest absolute Gasteiger partial charge is 0.332 e. The molecule has 15 heteroatoms. The Kier molecular flexibility index (Phi) is 6.54. The Morgan fingerprint density at radius 1 is 1.17 bits per heavy atom. The van der Waals surface area contributed by atoms with Crippen LogP contribution in [0.25, 0.3) is 11.3 Å². The van der Waals surface area contributed by atoms with E-state index in [1.807, 2.05) is 4.90 Å². The Morgan fingerprint density at radius 3 is 2.57 bits per heavy atom. The predicted octanol–water partition coefficient (Wildman–Crippen LogP) is 1.30. The van der Waals surface area contributed by atoms with Gasteiger partial charge in [0, 0.05) is 38.3 Å². The van der Waals surface area contributed by atoms with Gasteiger partial charge in [0.2, 0.25) is 5.91 Å². The number of rotatable bonds is 8. The summed E-state index contributed by atoms with van der Waals surface area (Å²) in [5.74, 6) is -3.45. The Balaban J connectivity index is 1.17. The number of anilines is 4. The third-order valence-corrected chi connectivity index (χ3v) is 8.26. The average Bonchev–Trinajstić information content (AvgIpc) is 3.41. The zero-order valence-corrected chi connectivity index (χ0v) is 23.2. The zero-order valence-electron chi connectivity index (χ0n) is 23.2. The van der Waals surface area contributed by atoms with Gasteiger partial charge in [-0.1, -0.05) is 6.92 Å². The second-order valence-corrected chi connectivity index (χ2v) is 10.8. The largest absolute Gasteiger partial charge is 0.356 e. The number of carbonyl (C=O) groups excluding carboxylic acids is 2. The van der Waals surface area contributed by atoms with Crippen LogP contribution in [0, 0.1) is 11.8 Å². The Labute approximate surface area is 238 Å². The van der Waals surface area contributed by atoms with Crippen LogP contribution in [-0.4, -0.2) is 67.5 Å². The molecule has 2 unspecified atom stereocenters. The summed E-state index contributed by atoms with van der Waals surface area (Å²) >= 11 is 0. The third kappa shape index (κ3) is 4.48. The van der Waals surface area contributed by atoms with Crippen LogP contribution in [-0.2, 0) is 23.2 Å². The lowest BCUT2D eigenvalue weighted by Crippen LogP contribution is -2.46. The van der Waals surface area contributed by atoms with Gasteiger partial charge in [-0.25, -0.2) is 23.5 Å². The SMILES string of the molecule is CCC(=O)Cn1c(=O)c2c(n(C)c1=O)NCN2[C@@H](C)C(=O)Nc1cncc(-c2ccc(N3CC4C(C3)C4(F)F)nc2)n1. The van der Waals surface area contributed by atoms with Gasteiger partial charge in [0.05, 0.1) is 43.1 Å². The van der Waals surface area contributed by atoms with E-state index in [4.69, 9.17) is 0 Å². The van der Waals surface area contributed by atoms with Gasteiger partial charge in [-0.05, 0) is 19.1 Å². The van der Waals surface area contributed by atoms with Crippen LogP contribution in [0.4, 0.5) is 31.9 Å². The number of carbonyl (C=O) groups is 2. The maximum absolute atomic E-state index is 13.5. The molecule has 3 aromatic heterocycles. The first-order valence-corrected chi connectivity index (χ1v) is 13.6. The van der Waals surface area contributed by atoms with Gasteiger partial charge >= 0.3 is 5.69 Å². The highest BCUT2D eigenvalue weighted by Crippen LogP contribution is 2.59. The topological polar surface area (TPSA) is 147 Å². The first-order valence-electron chi connectivity index (χ1n) is 13.6. The van der Waals surface area contributed by atoms with Crippen molar-refractivity contribution in [3.8, 4) is 11.3 Å². The molecule has 0 aromatic carbocycles. The Hall–Kier alpha value is -4.69. The lowest BCUT2D eigenvalue weighted by atomic mass is 10.2. The molecule has 5 heterocycles. The Morgan fingerprint density at radius 2 is 1.90 bits per heavy atom. The van der Waals surface area contributed by atoms with E-state index in [2.05, 4.69) is 25.6 Å². The number of ketones is 1. The number of pyridine rings is 1. The molecule has 6 rings (SSSR count). The quantitative estimate of drug-likeness (QED) is 0.399. The van der Waals surface area contributed by atoms with E-state index >= 15 is 0 Å². The van der Waals surface area contributed by atoms with Crippen LogP contribution >= 0.6 is 0 Å². The van der Waals surface area contributed by atoms with E-state index in [1.165, 1.54) is 28.9 Å². The fraction of sp³-hybridized carbons (Fsp3) is 0.444. The summed E-state index contributed by atoms with van der Waals surface area (Å²) in [6.45, 7) is 3.56. The van der Waals surface area contributed by atoms with Gasteiger partial charge in [-0.3, -0.25) is 28.5 Å². The first kappa shape index (κ1) is 27.5. The van der Waals surface area contributed by atoms with E-state index in [9.17, 15) is 28.0 Å². The van der Waals surface area contributed by atoms with E-state index < -0.39 is 41.0 Å². The van der Waals surface area contributed by atoms with Gasteiger partial charge in [-0.2, -0.15) is 0 Å². The minimum atomic E-state index is -2.56. The first-order chi connectivity index (χ1) is 20.0. The standard InChI is InChI=1S/C27H29F2N9O4/c1-4-16(39)10-37-25(41)22-23(35(3)26(37)42)32-13-38(22)14(2)24(40)34-20-9-30-8-19(33-20)15-5-6-21(31-7-15)36-11-17-18(12-36)27(17,28)29/h5-9,14,17-18,32H,4,10-13H2,1-3H3,(H,33,34,40)/t14-,17?,18?/m0/s1. The minimum Gasteiger partial charge on any atom is -0.356 e. The summed E-state index contributed by atoms with van der Waals surface area (Å²) < 4.78 is 29.2. The van der Waals surface area contributed by atoms with Crippen LogP contribution in [0.3, 0.4) is 0 Å². The van der Waals surface area contributed by atoms with E-state index in [0.717, 1.165) is 4.57 Å². The molecule has 42 heavy (non-hydrogen) atoms. The average molecular weight is 582 g/mol. The molecule has 0 bridgehead atoms. The van der Waals surface area contributed by atoms with Crippen molar-refractivity contribution >= 4 is 34.8 Å². The van der Waals surface area contributed by atoms with Crippen molar-refractivity contribution in [2.45, 2.75) is 38.8 Å². The fourth-order valence-corrected chi connectivity index (χ4v) is 5.57. The van der Waals surface area contributed by atoms with Crippen LogP contribution < -0.4 is 31.7 Å². The molecule has 1 saturated heterocycles. The van der Waals surface area contributed by atoms with Crippen LogP contribution in [0.1, 0.15) is 20.3 Å². The molecule has 3 atom stereocenters. The monoisotopic (exact) mass is 581 g/mol. The lowest BCUT2D eigenvalue weighted by Gasteiger charge is -2.24. The van der Waals surface area contributed by atoms with Gasteiger partial charge in [-0.15, -0.1) is 0 Å². The zero-order chi connectivity index (χ0) is 29.9. The minimum absolute atomic E-state index is 0.0953. The van der Waals surface area contributed by atoms with Crippen molar-refractivity contribution in [1.29, 1.82) is 0 Å². The summed E-state index contributed by atoms with van der Waals surface area (Å²) in [7, 11) is 1.49. The molecule has 3 aromatic rings. The van der Waals surface area contributed by atoms with Crippen molar-refractivity contribution in [3.05, 3.63) is 51.6 Å². The van der Waals surface area contributed by atoms with Gasteiger partial charge in [0.15, 0.2) is 11.6 Å². The van der Waals surface area contributed by atoms with Crippen molar-refractivity contribution in [3.63, 3.8) is 0 Å². The second kappa shape index (κ2) is 9.99. The summed E-state index contributed by atoms with van der Waals surface area (Å²) in [4.78, 5) is 67.7. The number of halogens is 2. The molecular formula is C27H29F2N9O4. The summed E-state index contributed by atoms with van der Waals surface area (Å²) in [5, 5.41) is 5.71. The summed E-state index contributed by atoms with van der Waals surface area (Å²) in [6.07, 6.45) is 4.66. The predicted molar refractivity (Wildman–Crippen MR) is 150 cm³/mol. The van der Waals surface area contributed by atoms with Crippen molar-refractivity contribution in [2.75, 3.05) is 40.2 Å². The second-order valence-electron chi connectivity index (χ2n) is 10.8. The van der Waals surface area contributed by atoms with Gasteiger partial charge in [0.1, 0.15) is 23.4 Å². The van der Waals surface area contributed by atoms with Gasteiger partial charge in [0.25, 0.3) is 11.5 Å². The Bertz CT molecular complexity index is 1690. The molecule has 220 valence electrons. The van der Waals surface area contributed by atoms with Crippen molar-refractivity contribution < 1.29 is 18.4 Å². The maximum Gasteiger partial charge on any atom is 0.332 e. The van der Waals surface area contributed by atoms with E-state index in [1.54, 1.807) is 32.2 Å². The fourth-order valence-electron chi connectivity index (χ4n) is 5.57. The summed E-state index contributed by atoms with van der Waals surface area (Å²) in [6, 6.07) is 2.66. The molecular weight excluding hydrogens is 552 g/mol. The number of nitrogens with zero attached hydrogens (tertiary/aromatic N) is 7. The van der Waals surface area contributed by atoms with Crippen molar-refractivity contribution in [2.24, 2.45) is 18.9 Å². The molecule has 3 aliphatic rings. The molecule has 2 N–H and O–H groups in total. The lowest BCUT2D eigenvalue weighted by molar-refractivity contribution is -0.119. The summed E-state index contributed by atoms with van der Waals surface area (Å²) in [5.41, 5.74) is -0.0846. The van der Waals surface area contributed by atoms with E-state index in [-0.39, 0.29) is 55.8 Å². The highest BCUT2D eigenvalue weighted by molar-refractivity contribution is 5.97. The molecule has 1 amide bonds. The number of amides is 1. The molecule has 0 radical (unpaired) electrons. The molecule has 1 aliphatic carbocycles.